The Morgan fingerprint density at radius 3 is 2.50 bits per heavy atom. The molecule has 1 fully saturated rings. The lowest BCUT2D eigenvalue weighted by Gasteiger charge is -2.21. The van der Waals surface area contributed by atoms with Crippen molar-refractivity contribution >= 4 is 27.3 Å². The van der Waals surface area contributed by atoms with E-state index in [1.807, 2.05) is 17.5 Å². The number of sulfonamides is 1. The van der Waals surface area contributed by atoms with Gasteiger partial charge in [0, 0.05) is 23.5 Å². The molecule has 1 aliphatic rings. The maximum absolute atomic E-state index is 12.7. The molecule has 0 saturated carbocycles. The van der Waals surface area contributed by atoms with Gasteiger partial charge in [-0.15, -0.1) is 11.3 Å². The molecule has 1 aliphatic heterocycles. The van der Waals surface area contributed by atoms with Gasteiger partial charge in [0.25, 0.3) is 5.91 Å². The highest BCUT2D eigenvalue weighted by Crippen LogP contribution is 2.27. The van der Waals surface area contributed by atoms with Crippen LogP contribution in [0.3, 0.4) is 0 Å². The summed E-state index contributed by atoms with van der Waals surface area (Å²) in [6, 6.07) is 10.2. The summed E-state index contributed by atoms with van der Waals surface area (Å²) in [6.07, 6.45) is 1.77. The van der Waals surface area contributed by atoms with Gasteiger partial charge >= 0.3 is 0 Å². The van der Waals surface area contributed by atoms with Gasteiger partial charge in [-0.25, -0.2) is 8.42 Å². The quantitative estimate of drug-likeness (QED) is 0.816. The van der Waals surface area contributed by atoms with E-state index >= 15 is 0 Å². The van der Waals surface area contributed by atoms with E-state index in [0.29, 0.717) is 18.7 Å². The molecule has 3 rings (SSSR count). The van der Waals surface area contributed by atoms with E-state index in [9.17, 15) is 13.2 Å². The molecule has 1 N–H and O–H groups in total. The van der Waals surface area contributed by atoms with Crippen molar-refractivity contribution in [1.82, 2.24) is 9.62 Å². The molecule has 26 heavy (non-hydrogen) atoms. The number of benzene rings is 1. The van der Waals surface area contributed by atoms with Crippen molar-refractivity contribution in [2.24, 2.45) is 5.92 Å². The van der Waals surface area contributed by atoms with Gasteiger partial charge in [-0.1, -0.05) is 26.0 Å². The number of carbonyl (C=O) groups is 1. The highest BCUT2D eigenvalue weighted by atomic mass is 32.2. The van der Waals surface area contributed by atoms with Crippen LogP contribution in [0.1, 0.15) is 48.0 Å². The van der Waals surface area contributed by atoms with Crippen LogP contribution in [0.25, 0.3) is 0 Å². The van der Waals surface area contributed by atoms with Crippen molar-refractivity contribution in [2.45, 2.75) is 37.6 Å². The number of thiophene rings is 1. The summed E-state index contributed by atoms with van der Waals surface area (Å²) in [5.74, 6) is -0.0234. The zero-order chi connectivity index (χ0) is 18.7. The van der Waals surface area contributed by atoms with Crippen LogP contribution in [-0.4, -0.2) is 31.7 Å². The number of hydrogen-bond donors (Lipinski definition) is 1. The molecule has 140 valence electrons. The third-order valence-electron chi connectivity index (χ3n) is 4.60. The first-order chi connectivity index (χ1) is 12.4. The van der Waals surface area contributed by atoms with Crippen LogP contribution < -0.4 is 5.32 Å². The van der Waals surface area contributed by atoms with Crippen molar-refractivity contribution < 1.29 is 13.2 Å². The lowest BCUT2D eigenvalue weighted by Crippen LogP contribution is -2.32. The van der Waals surface area contributed by atoms with Gasteiger partial charge in [0.05, 0.1) is 10.9 Å². The topological polar surface area (TPSA) is 66.5 Å². The summed E-state index contributed by atoms with van der Waals surface area (Å²) in [5, 5.41) is 5.03. The second-order valence-corrected chi connectivity index (χ2v) is 9.77. The van der Waals surface area contributed by atoms with Crippen molar-refractivity contribution in [2.75, 3.05) is 13.1 Å². The average Bonchev–Trinajstić information content (AvgIpc) is 3.32. The van der Waals surface area contributed by atoms with Gasteiger partial charge in [0.2, 0.25) is 10.0 Å². The number of carbonyl (C=O) groups excluding carboxylic acids is 1. The van der Waals surface area contributed by atoms with Crippen LogP contribution in [0.15, 0.2) is 46.7 Å². The molecule has 2 heterocycles. The predicted molar refractivity (Wildman–Crippen MR) is 104 cm³/mol. The van der Waals surface area contributed by atoms with Gasteiger partial charge in [-0.05, 0) is 48.4 Å². The van der Waals surface area contributed by atoms with Crippen molar-refractivity contribution in [3.05, 3.63) is 52.2 Å². The number of rotatable bonds is 6. The zero-order valence-electron chi connectivity index (χ0n) is 15.0. The van der Waals surface area contributed by atoms with E-state index in [1.165, 1.54) is 10.4 Å². The Kier molecular flexibility index (Phi) is 5.79. The molecule has 1 aromatic heterocycles. The van der Waals surface area contributed by atoms with Crippen LogP contribution >= 0.6 is 11.3 Å². The first kappa shape index (κ1) is 19.1. The molecule has 0 spiro atoms. The number of nitrogens with zero attached hydrogens (tertiary/aromatic N) is 1. The average molecular weight is 393 g/mol. The Morgan fingerprint density at radius 1 is 1.15 bits per heavy atom. The summed E-state index contributed by atoms with van der Waals surface area (Å²) in [7, 11) is -3.53. The molecule has 7 heteroatoms. The fraction of sp³-hybridized carbons (Fsp3) is 0.421. The standard InChI is InChI=1S/C19H24N2O3S2/c1-14(2)18(17-9-6-12-25-17)20-19(22)15-7-5-8-16(13-15)26(23,24)21-10-3-4-11-21/h5-9,12-14,18H,3-4,10-11H2,1-2H3,(H,20,22)/t18-/m1/s1. The summed E-state index contributed by atoms with van der Waals surface area (Å²) in [5.41, 5.74) is 0.368. The van der Waals surface area contributed by atoms with E-state index < -0.39 is 10.0 Å². The van der Waals surface area contributed by atoms with Crippen molar-refractivity contribution in [3.63, 3.8) is 0 Å². The third kappa shape index (κ3) is 4.00. The largest absolute Gasteiger partial charge is 0.344 e. The summed E-state index contributed by atoms with van der Waals surface area (Å²) in [6.45, 7) is 5.21. The lowest BCUT2D eigenvalue weighted by atomic mass is 10.0. The minimum atomic E-state index is -3.53. The summed E-state index contributed by atoms with van der Waals surface area (Å²) < 4.78 is 26.9. The monoisotopic (exact) mass is 392 g/mol. The Morgan fingerprint density at radius 2 is 1.88 bits per heavy atom. The SMILES string of the molecule is CC(C)[C@@H](NC(=O)c1cccc(S(=O)(=O)N2CCCC2)c1)c1cccs1. The van der Waals surface area contributed by atoms with Crippen LogP contribution in [0.2, 0.25) is 0 Å². The molecule has 0 bridgehead atoms. The zero-order valence-corrected chi connectivity index (χ0v) is 16.6. The van der Waals surface area contributed by atoms with E-state index in [4.69, 9.17) is 0 Å². The van der Waals surface area contributed by atoms with Gasteiger partial charge in [-0.2, -0.15) is 4.31 Å². The molecule has 2 aromatic rings. The van der Waals surface area contributed by atoms with Crippen molar-refractivity contribution in [1.29, 1.82) is 0 Å². The van der Waals surface area contributed by atoms with Gasteiger partial charge < -0.3 is 5.32 Å². The molecular formula is C19H24N2O3S2. The van der Waals surface area contributed by atoms with Crippen LogP contribution in [0, 0.1) is 5.92 Å². The number of nitrogens with one attached hydrogen (secondary N) is 1. The molecule has 1 atom stereocenters. The molecule has 0 aliphatic carbocycles. The van der Waals surface area contributed by atoms with Crippen LogP contribution in [0.5, 0.6) is 0 Å². The highest BCUT2D eigenvalue weighted by molar-refractivity contribution is 7.89. The van der Waals surface area contributed by atoms with Gasteiger partial charge in [0.1, 0.15) is 0 Å². The summed E-state index contributed by atoms with van der Waals surface area (Å²) >= 11 is 1.60. The van der Waals surface area contributed by atoms with Crippen LogP contribution in [-0.2, 0) is 10.0 Å². The van der Waals surface area contributed by atoms with E-state index in [-0.39, 0.29) is 22.8 Å². The number of amides is 1. The van der Waals surface area contributed by atoms with Gasteiger partial charge in [-0.3, -0.25) is 4.79 Å². The third-order valence-corrected chi connectivity index (χ3v) is 7.45. The van der Waals surface area contributed by atoms with Gasteiger partial charge in [0.15, 0.2) is 0 Å². The maximum atomic E-state index is 12.7. The van der Waals surface area contributed by atoms with Crippen molar-refractivity contribution in [3.8, 4) is 0 Å². The predicted octanol–water partition coefficient (Wildman–Crippen LogP) is 3.66. The van der Waals surface area contributed by atoms with E-state index in [1.54, 1.807) is 29.5 Å². The highest BCUT2D eigenvalue weighted by Gasteiger charge is 2.28. The Hall–Kier alpha value is -1.70. The second-order valence-electron chi connectivity index (χ2n) is 6.85. The molecule has 1 amide bonds. The molecule has 0 unspecified atom stereocenters. The molecular weight excluding hydrogens is 368 g/mol. The molecule has 1 saturated heterocycles. The minimum absolute atomic E-state index is 0.0960. The van der Waals surface area contributed by atoms with Crippen LogP contribution in [0.4, 0.5) is 0 Å². The lowest BCUT2D eigenvalue weighted by molar-refractivity contribution is 0.0926. The number of hydrogen-bond acceptors (Lipinski definition) is 4. The Bertz CT molecular complexity index is 855. The Labute approximate surface area is 159 Å². The molecule has 0 radical (unpaired) electrons. The normalized spacial score (nSPS) is 16.7. The Balaban J connectivity index is 1.82. The molecule has 5 nitrogen and oxygen atoms in total. The van der Waals surface area contributed by atoms with E-state index in [2.05, 4.69) is 19.2 Å². The fourth-order valence-electron chi connectivity index (χ4n) is 3.13. The minimum Gasteiger partial charge on any atom is -0.344 e. The first-order valence-corrected chi connectivity index (χ1v) is 11.2. The fourth-order valence-corrected chi connectivity index (χ4v) is 5.65. The smallest absolute Gasteiger partial charge is 0.251 e. The first-order valence-electron chi connectivity index (χ1n) is 8.84. The summed E-state index contributed by atoms with van der Waals surface area (Å²) in [4.78, 5) is 14.0. The van der Waals surface area contributed by atoms with E-state index in [0.717, 1.165) is 17.7 Å². The second kappa shape index (κ2) is 7.90. The molecule has 1 aromatic carbocycles. The maximum Gasteiger partial charge on any atom is 0.251 e.